The van der Waals surface area contributed by atoms with Gasteiger partial charge in [0.05, 0.1) is 0 Å². The molecule has 1 aliphatic rings. The summed E-state index contributed by atoms with van der Waals surface area (Å²) in [6.45, 7) is 5.64. The van der Waals surface area contributed by atoms with Crippen LogP contribution in [0.15, 0.2) is 0 Å². The molecule has 0 atom stereocenters. The summed E-state index contributed by atoms with van der Waals surface area (Å²) >= 11 is 0. The monoisotopic (exact) mass is 227 g/mol. The molecule has 1 N–H and O–H groups in total. The first-order chi connectivity index (χ1) is 7.72. The van der Waals surface area contributed by atoms with Crippen LogP contribution in [0, 0.1) is 5.92 Å². The highest BCUT2D eigenvalue weighted by Gasteiger charge is 2.20. The van der Waals surface area contributed by atoms with Crippen molar-refractivity contribution in [2.24, 2.45) is 5.92 Å². The molecule has 3 nitrogen and oxygen atoms in total. The molecule has 1 aliphatic heterocycles. The molecule has 3 heteroatoms. The lowest BCUT2D eigenvalue weighted by Gasteiger charge is -2.31. The molecule has 1 rings (SSSR count). The van der Waals surface area contributed by atoms with Gasteiger partial charge in [-0.15, -0.1) is 0 Å². The fourth-order valence-corrected chi connectivity index (χ4v) is 2.42. The molecular formula is C13H25NO2. The van der Waals surface area contributed by atoms with E-state index in [2.05, 4.69) is 11.8 Å². The summed E-state index contributed by atoms with van der Waals surface area (Å²) < 4.78 is 0. The summed E-state index contributed by atoms with van der Waals surface area (Å²) in [6.07, 6.45) is 7.78. The Bertz CT molecular complexity index is 198. The average Bonchev–Trinajstić information content (AvgIpc) is 2.26. The average molecular weight is 227 g/mol. The standard InChI is InChI=1S/C13H25NO2/c1-2-3-4-5-8-14-9-6-12(7-10-14)11-13(15)16/h12H,2-11H2,1H3,(H,15,16). The minimum Gasteiger partial charge on any atom is -0.481 e. The second-order valence-corrected chi connectivity index (χ2v) is 4.94. The number of piperidine rings is 1. The maximum absolute atomic E-state index is 10.6. The lowest BCUT2D eigenvalue weighted by molar-refractivity contribution is -0.138. The summed E-state index contributed by atoms with van der Waals surface area (Å²) in [7, 11) is 0. The third-order valence-corrected chi connectivity index (χ3v) is 3.50. The quantitative estimate of drug-likeness (QED) is 0.680. The van der Waals surface area contributed by atoms with Gasteiger partial charge in [0.15, 0.2) is 0 Å². The van der Waals surface area contributed by atoms with Crippen molar-refractivity contribution < 1.29 is 9.90 Å². The first-order valence-corrected chi connectivity index (χ1v) is 6.66. The van der Waals surface area contributed by atoms with Gasteiger partial charge in [0.25, 0.3) is 0 Å². The van der Waals surface area contributed by atoms with Gasteiger partial charge < -0.3 is 10.0 Å². The maximum atomic E-state index is 10.6. The van der Waals surface area contributed by atoms with E-state index in [1.54, 1.807) is 0 Å². The molecule has 94 valence electrons. The van der Waals surface area contributed by atoms with Gasteiger partial charge in [0.1, 0.15) is 0 Å². The Morgan fingerprint density at radius 2 is 1.94 bits per heavy atom. The van der Waals surface area contributed by atoms with Crippen molar-refractivity contribution in [2.45, 2.75) is 51.9 Å². The molecule has 0 unspecified atom stereocenters. The zero-order chi connectivity index (χ0) is 11.8. The number of hydrogen-bond donors (Lipinski definition) is 1. The zero-order valence-electron chi connectivity index (χ0n) is 10.5. The van der Waals surface area contributed by atoms with Crippen LogP contribution in [0.1, 0.15) is 51.9 Å². The van der Waals surface area contributed by atoms with Gasteiger partial charge in [-0.25, -0.2) is 0 Å². The van der Waals surface area contributed by atoms with Crippen LogP contribution >= 0.6 is 0 Å². The molecular weight excluding hydrogens is 202 g/mol. The predicted molar refractivity (Wildman–Crippen MR) is 65.6 cm³/mol. The predicted octanol–water partition coefficient (Wildman–Crippen LogP) is 2.75. The highest BCUT2D eigenvalue weighted by molar-refractivity contribution is 5.67. The number of carboxylic acids is 1. The van der Waals surface area contributed by atoms with Gasteiger partial charge in [0.2, 0.25) is 0 Å². The molecule has 0 radical (unpaired) electrons. The van der Waals surface area contributed by atoms with Crippen LogP contribution in [-0.4, -0.2) is 35.6 Å². The van der Waals surface area contributed by atoms with Gasteiger partial charge >= 0.3 is 5.97 Å². The topological polar surface area (TPSA) is 40.5 Å². The molecule has 0 aliphatic carbocycles. The van der Waals surface area contributed by atoms with Crippen LogP contribution in [0.2, 0.25) is 0 Å². The third kappa shape index (κ3) is 5.50. The first kappa shape index (κ1) is 13.5. The Morgan fingerprint density at radius 1 is 1.25 bits per heavy atom. The Balaban J connectivity index is 2.05. The fraction of sp³-hybridized carbons (Fsp3) is 0.923. The largest absolute Gasteiger partial charge is 0.481 e. The maximum Gasteiger partial charge on any atom is 0.303 e. The van der Waals surface area contributed by atoms with Crippen molar-refractivity contribution in [2.75, 3.05) is 19.6 Å². The van der Waals surface area contributed by atoms with Gasteiger partial charge in [-0.2, -0.15) is 0 Å². The van der Waals surface area contributed by atoms with Crippen molar-refractivity contribution in [1.29, 1.82) is 0 Å². The summed E-state index contributed by atoms with van der Waals surface area (Å²) in [4.78, 5) is 13.1. The molecule has 0 aromatic carbocycles. The van der Waals surface area contributed by atoms with Gasteiger partial charge in [-0.1, -0.05) is 26.2 Å². The van der Waals surface area contributed by atoms with Gasteiger partial charge in [-0.3, -0.25) is 4.79 Å². The van der Waals surface area contributed by atoms with E-state index in [0.717, 1.165) is 25.9 Å². The van der Waals surface area contributed by atoms with Crippen molar-refractivity contribution in [3.05, 3.63) is 0 Å². The van der Waals surface area contributed by atoms with E-state index in [9.17, 15) is 4.79 Å². The third-order valence-electron chi connectivity index (χ3n) is 3.50. The number of hydrogen-bond acceptors (Lipinski definition) is 2. The zero-order valence-corrected chi connectivity index (χ0v) is 10.5. The van der Waals surface area contributed by atoms with E-state index in [1.165, 1.54) is 32.2 Å². The van der Waals surface area contributed by atoms with Gasteiger partial charge in [0, 0.05) is 6.42 Å². The lowest BCUT2D eigenvalue weighted by Crippen LogP contribution is -2.35. The number of carbonyl (C=O) groups is 1. The van der Waals surface area contributed by atoms with Crippen LogP contribution in [0.4, 0.5) is 0 Å². The normalized spacial score (nSPS) is 18.8. The SMILES string of the molecule is CCCCCCN1CCC(CC(=O)O)CC1. The molecule has 1 fully saturated rings. The number of unbranched alkanes of at least 4 members (excludes halogenated alkanes) is 3. The summed E-state index contributed by atoms with van der Waals surface area (Å²) in [6, 6.07) is 0. The summed E-state index contributed by atoms with van der Waals surface area (Å²) in [5.41, 5.74) is 0. The lowest BCUT2D eigenvalue weighted by atomic mass is 9.93. The molecule has 0 aromatic rings. The second kappa shape index (κ2) is 7.66. The number of aliphatic carboxylic acids is 1. The molecule has 16 heavy (non-hydrogen) atoms. The Hall–Kier alpha value is -0.570. The minimum absolute atomic E-state index is 0.365. The van der Waals surface area contributed by atoms with E-state index < -0.39 is 5.97 Å². The molecule has 0 amide bonds. The van der Waals surface area contributed by atoms with Crippen molar-refractivity contribution >= 4 is 5.97 Å². The van der Waals surface area contributed by atoms with Crippen molar-refractivity contribution in [3.63, 3.8) is 0 Å². The number of likely N-dealkylation sites (tertiary alicyclic amines) is 1. The molecule has 0 spiro atoms. The Labute approximate surface area is 98.8 Å². The fourth-order valence-electron chi connectivity index (χ4n) is 2.42. The van der Waals surface area contributed by atoms with Crippen molar-refractivity contribution in [3.8, 4) is 0 Å². The number of rotatable bonds is 7. The Kier molecular flexibility index (Phi) is 6.46. The van der Waals surface area contributed by atoms with Crippen LogP contribution in [0.5, 0.6) is 0 Å². The Morgan fingerprint density at radius 3 is 2.50 bits per heavy atom. The minimum atomic E-state index is -0.638. The molecule has 1 heterocycles. The molecule has 0 bridgehead atoms. The van der Waals surface area contributed by atoms with Crippen LogP contribution in [0.3, 0.4) is 0 Å². The number of carboxylic acid groups (broad SMARTS) is 1. The first-order valence-electron chi connectivity index (χ1n) is 6.66. The smallest absolute Gasteiger partial charge is 0.303 e. The highest BCUT2D eigenvalue weighted by atomic mass is 16.4. The molecule has 0 aromatic heterocycles. The second-order valence-electron chi connectivity index (χ2n) is 4.94. The summed E-state index contributed by atoms with van der Waals surface area (Å²) in [5.74, 6) is -0.217. The van der Waals surface area contributed by atoms with E-state index in [0.29, 0.717) is 12.3 Å². The number of nitrogens with zero attached hydrogens (tertiary/aromatic N) is 1. The van der Waals surface area contributed by atoms with E-state index in [1.807, 2.05) is 0 Å². The molecule has 1 saturated heterocycles. The van der Waals surface area contributed by atoms with Gasteiger partial charge in [-0.05, 0) is 44.8 Å². The van der Waals surface area contributed by atoms with Crippen molar-refractivity contribution in [1.82, 2.24) is 4.90 Å². The highest BCUT2D eigenvalue weighted by Crippen LogP contribution is 2.20. The van der Waals surface area contributed by atoms with E-state index in [-0.39, 0.29) is 0 Å². The molecule has 0 saturated carbocycles. The van der Waals surface area contributed by atoms with E-state index >= 15 is 0 Å². The van der Waals surface area contributed by atoms with Crippen LogP contribution < -0.4 is 0 Å². The van der Waals surface area contributed by atoms with E-state index in [4.69, 9.17) is 5.11 Å². The summed E-state index contributed by atoms with van der Waals surface area (Å²) in [5, 5.41) is 8.72. The van der Waals surface area contributed by atoms with Crippen LogP contribution in [0.25, 0.3) is 0 Å². The van der Waals surface area contributed by atoms with Crippen LogP contribution in [-0.2, 0) is 4.79 Å².